The number of carbonyl (C=O) groups is 1. The van der Waals surface area contributed by atoms with Gasteiger partial charge in [0.15, 0.2) is 0 Å². The van der Waals surface area contributed by atoms with Crippen LogP contribution in [0.2, 0.25) is 0 Å². The van der Waals surface area contributed by atoms with E-state index in [1.165, 1.54) is 0 Å². The van der Waals surface area contributed by atoms with Gasteiger partial charge in [-0.1, -0.05) is 0 Å². The van der Waals surface area contributed by atoms with Gasteiger partial charge in [-0.2, -0.15) is 0 Å². The second kappa shape index (κ2) is 5.64. The number of nitrogens with one attached hydrogen (secondary N) is 1. The van der Waals surface area contributed by atoms with Gasteiger partial charge >= 0.3 is 0 Å². The van der Waals surface area contributed by atoms with Crippen LogP contribution in [-0.2, 0) is 9.53 Å². The topological polar surface area (TPSA) is 64.3 Å². The zero-order valence-corrected chi connectivity index (χ0v) is 10.6. The molecule has 0 heterocycles. The van der Waals surface area contributed by atoms with Gasteiger partial charge in [-0.05, 0) is 40.0 Å². The molecule has 0 saturated heterocycles. The average Bonchev–Trinajstić information content (AvgIpc) is 2.61. The molecule has 1 rings (SSSR count). The fourth-order valence-electron chi connectivity index (χ4n) is 2.14. The summed E-state index contributed by atoms with van der Waals surface area (Å²) in [5.74, 6) is 0.230. The lowest BCUT2D eigenvalue weighted by Gasteiger charge is -2.25. The van der Waals surface area contributed by atoms with Crippen LogP contribution in [0.15, 0.2) is 0 Å². The third-order valence-electron chi connectivity index (χ3n) is 3.07. The summed E-state index contributed by atoms with van der Waals surface area (Å²) in [7, 11) is 0. The van der Waals surface area contributed by atoms with Gasteiger partial charge in [0.25, 0.3) is 0 Å². The van der Waals surface area contributed by atoms with Crippen LogP contribution in [0.3, 0.4) is 0 Å². The molecule has 4 nitrogen and oxygen atoms in total. The molecule has 4 heteroatoms. The molecule has 0 aromatic heterocycles. The highest BCUT2D eigenvalue weighted by atomic mass is 16.5. The van der Waals surface area contributed by atoms with Crippen molar-refractivity contribution in [2.24, 2.45) is 11.7 Å². The summed E-state index contributed by atoms with van der Waals surface area (Å²) in [5.41, 5.74) is 5.50. The van der Waals surface area contributed by atoms with Crippen LogP contribution in [0.25, 0.3) is 0 Å². The average molecular weight is 228 g/mol. The van der Waals surface area contributed by atoms with Gasteiger partial charge in [-0.15, -0.1) is 0 Å². The van der Waals surface area contributed by atoms with Crippen molar-refractivity contribution in [3.63, 3.8) is 0 Å². The van der Waals surface area contributed by atoms with Crippen molar-refractivity contribution >= 4 is 5.91 Å². The zero-order valence-electron chi connectivity index (χ0n) is 10.6. The van der Waals surface area contributed by atoms with Crippen LogP contribution >= 0.6 is 0 Å². The molecule has 1 amide bonds. The highest BCUT2D eigenvalue weighted by molar-refractivity contribution is 5.79. The lowest BCUT2D eigenvalue weighted by atomic mass is 10.1. The minimum Gasteiger partial charge on any atom is -0.374 e. The lowest BCUT2D eigenvalue weighted by molar-refractivity contribution is -0.126. The lowest BCUT2D eigenvalue weighted by Crippen LogP contribution is -2.42. The summed E-state index contributed by atoms with van der Waals surface area (Å²) in [5, 5.41) is 2.95. The smallest absolute Gasteiger partial charge is 0.223 e. The molecule has 94 valence electrons. The Balaban J connectivity index is 2.29. The molecule has 2 unspecified atom stereocenters. The number of rotatable bonds is 5. The predicted octanol–water partition coefficient (Wildman–Crippen LogP) is 1.05. The van der Waals surface area contributed by atoms with E-state index >= 15 is 0 Å². The van der Waals surface area contributed by atoms with Gasteiger partial charge in [0.05, 0.1) is 5.60 Å². The van der Waals surface area contributed by atoms with E-state index < -0.39 is 0 Å². The van der Waals surface area contributed by atoms with E-state index in [1.807, 2.05) is 20.8 Å². The molecular formula is C12H24N2O2. The normalized spacial score (nSPS) is 25.8. The third kappa shape index (κ3) is 4.10. The van der Waals surface area contributed by atoms with Gasteiger partial charge in [0.1, 0.15) is 0 Å². The van der Waals surface area contributed by atoms with E-state index in [2.05, 4.69) is 5.32 Å². The highest BCUT2D eigenvalue weighted by Gasteiger charge is 2.28. The van der Waals surface area contributed by atoms with E-state index in [4.69, 9.17) is 10.5 Å². The van der Waals surface area contributed by atoms with Crippen molar-refractivity contribution in [3.05, 3.63) is 0 Å². The summed E-state index contributed by atoms with van der Waals surface area (Å²) in [6, 6.07) is 0.204. The highest BCUT2D eigenvalue weighted by Crippen LogP contribution is 2.24. The van der Waals surface area contributed by atoms with Crippen LogP contribution in [0, 0.1) is 5.92 Å². The first kappa shape index (κ1) is 13.5. The van der Waals surface area contributed by atoms with Gasteiger partial charge in [-0.3, -0.25) is 4.79 Å². The Labute approximate surface area is 97.9 Å². The first-order chi connectivity index (χ1) is 7.44. The number of amides is 1. The summed E-state index contributed by atoms with van der Waals surface area (Å²) in [4.78, 5) is 11.8. The monoisotopic (exact) mass is 228 g/mol. The van der Waals surface area contributed by atoms with Gasteiger partial charge in [0.2, 0.25) is 5.91 Å². The maximum Gasteiger partial charge on any atom is 0.223 e. The Morgan fingerprint density at radius 1 is 1.50 bits per heavy atom. The number of hydrogen-bond acceptors (Lipinski definition) is 3. The molecule has 0 spiro atoms. The molecule has 1 saturated carbocycles. The maximum atomic E-state index is 11.8. The second-order valence-corrected chi connectivity index (χ2v) is 5.18. The predicted molar refractivity (Wildman–Crippen MR) is 64.0 cm³/mol. The standard InChI is InChI=1S/C12H24N2O2/c1-4-16-12(2,3)8-14-11(15)9-5-6-10(13)7-9/h9-10H,4-8,13H2,1-3H3,(H,14,15). The first-order valence-corrected chi connectivity index (χ1v) is 6.12. The quantitative estimate of drug-likeness (QED) is 0.739. The Hall–Kier alpha value is -0.610. The van der Waals surface area contributed by atoms with Gasteiger partial charge in [-0.25, -0.2) is 0 Å². The minimum atomic E-state index is -0.287. The molecule has 2 atom stereocenters. The van der Waals surface area contributed by atoms with E-state index in [-0.39, 0.29) is 23.5 Å². The van der Waals surface area contributed by atoms with Crippen molar-refractivity contribution in [1.29, 1.82) is 0 Å². The molecule has 1 aliphatic carbocycles. The number of ether oxygens (including phenoxy) is 1. The zero-order chi connectivity index (χ0) is 12.2. The molecule has 16 heavy (non-hydrogen) atoms. The largest absolute Gasteiger partial charge is 0.374 e. The molecule has 0 radical (unpaired) electrons. The van der Waals surface area contributed by atoms with Crippen molar-refractivity contribution in [3.8, 4) is 0 Å². The van der Waals surface area contributed by atoms with Crippen LogP contribution in [0.1, 0.15) is 40.0 Å². The number of carbonyl (C=O) groups excluding carboxylic acids is 1. The molecule has 1 aliphatic rings. The van der Waals surface area contributed by atoms with Gasteiger partial charge < -0.3 is 15.8 Å². The first-order valence-electron chi connectivity index (χ1n) is 6.12. The molecular weight excluding hydrogens is 204 g/mol. The van der Waals surface area contributed by atoms with Crippen molar-refractivity contribution in [2.75, 3.05) is 13.2 Å². The van der Waals surface area contributed by atoms with Crippen molar-refractivity contribution < 1.29 is 9.53 Å². The van der Waals surface area contributed by atoms with E-state index in [0.29, 0.717) is 13.2 Å². The second-order valence-electron chi connectivity index (χ2n) is 5.18. The summed E-state index contributed by atoms with van der Waals surface area (Å²) in [6.07, 6.45) is 2.70. The van der Waals surface area contributed by atoms with Crippen molar-refractivity contribution in [1.82, 2.24) is 5.32 Å². The number of hydrogen-bond donors (Lipinski definition) is 2. The van der Waals surface area contributed by atoms with Crippen LogP contribution in [0.5, 0.6) is 0 Å². The van der Waals surface area contributed by atoms with E-state index in [9.17, 15) is 4.79 Å². The molecule has 1 fully saturated rings. The van der Waals surface area contributed by atoms with Gasteiger partial charge in [0, 0.05) is 25.1 Å². The van der Waals surface area contributed by atoms with Crippen LogP contribution in [-0.4, -0.2) is 30.7 Å². The summed E-state index contributed by atoms with van der Waals surface area (Å²) in [6.45, 7) is 7.15. The molecule has 0 aromatic rings. The number of nitrogens with two attached hydrogens (primary N) is 1. The summed E-state index contributed by atoms with van der Waals surface area (Å²) < 4.78 is 5.52. The Bertz CT molecular complexity index is 241. The fraction of sp³-hybridized carbons (Fsp3) is 0.917. The summed E-state index contributed by atoms with van der Waals surface area (Å²) >= 11 is 0. The Morgan fingerprint density at radius 3 is 2.69 bits per heavy atom. The molecule has 0 aromatic carbocycles. The maximum absolute atomic E-state index is 11.8. The Kier molecular flexibility index (Phi) is 4.74. The minimum absolute atomic E-state index is 0.104. The Morgan fingerprint density at radius 2 is 2.19 bits per heavy atom. The third-order valence-corrected chi connectivity index (χ3v) is 3.07. The van der Waals surface area contributed by atoms with Crippen LogP contribution < -0.4 is 11.1 Å². The molecule has 3 N–H and O–H groups in total. The molecule has 0 bridgehead atoms. The van der Waals surface area contributed by atoms with Crippen molar-refractivity contribution in [2.45, 2.75) is 51.7 Å². The van der Waals surface area contributed by atoms with E-state index in [1.54, 1.807) is 0 Å². The fourth-order valence-corrected chi connectivity index (χ4v) is 2.14. The van der Waals surface area contributed by atoms with Crippen LogP contribution in [0.4, 0.5) is 0 Å². The molecule has 0 aliphatic heterocycles. The SMILES string of the molecule is CCOC(C)(C)CNC(=O)C1CCC(N)C1. The van der Waals surface area contributed by atoms with E-state index in [0.717, 1.165) is 19.3 Å².